The maximum atomic E-state index is 16.1. The van der Waals surface area contributed by atoms with E-state index in [0.717, 1.165) is 55.5 Å². The molecule has 0 N–H and O–H groups in total. The maximum Gasteiger partial charge on any atom is 0.391 e. The summed E-state index contributed by atoms with van der Waals surface area (Å²) in [5, 5.41) is 3.45. The highest BCUT2D eigenvalue weighted by Gasteiger charge is 2.49. The van der Waals surface area contributed by atoms with Gasteiger partial charge in [0.2, 0.25) is 0 Å². The number of pyridine rings is 2. The molecule has 0 saturated carbocycles. The fraction of sp³-hybridized carbons (Fsp3) is 0.375. The molecule has 8 heterocycles. The number of rotatable bonds is 18. The van der Waals surface area contributed by atoms with Crippen LogP contribution < -0.4 is 37.0 Å². The van der Waals surface area contributed by atoms with Crippen LogP contribution in [0.4, 0.5) is 45.4 Å². The number of sulfonamides is 2. The predicted octanol–water partition coefficient (Wildman–Crippen LogP) is 13.9. The van der Waals surface area contributed by atoms with E-state index in [1.165, 1.54) is 53.2 Å². The summed E-state index contributed by atoms with van der Waals surface area (Å²) in [5.74, 6) is -2.97. The minimum absolute atomic E-state index is 0.0959. The Morgan fingerprint density at radius 1 is 0.521 bits per heavy atom. The Morgan fingerprint density at radius 3 is 1.28 bits per heavy atom. The van der Waals surface area contributed by atoms with E-state index in [1.54, 1.807) is 83.6 Å². The van der Waals surface area contributed by atoms with Crippen LogP contribution in [0, 0.1) is 23.5 Å². The minimum atomic E-state index is -4.56. The van der Waals surface area contributed by atoms with E-state index < -0.39 is 89.8 Å². The minimum Gasteiger partial charge on any atom is -0.497 e. The molecule has 2 unspecified atom stereocenters. The molecule has 0 bridgehead atoms. The van der Waals surface area contributed by atoms with Crippen molar-refractivity contribution in [2.24, 2.45) is 11.8 Å². The first-order valence-electron chi connectivity index (χ1n) is 29.7. The lowest BCUT2D eigenvalue weighted by molar-refractivity contribution is -0.193. The summed E-state index contributed by atoms with van der Waals surface area (Å²) >= 11 is 2.14. The van der Waals surface area contributed by atoms with Gasteiger partial charge in [0.25, 0.3) is 20.0 Å². The lowest BCUT2D eigenvalue weighted by Crippen LogP contribution is -2.44. The average molecular weight is 1390 g/mol. The number of methoxy groups -OCH3 is 4. The number of halogens is 8. The molecule has 4 aliphatic heterocycles. The van der Waals surface area contributed by atoms with Gasteiger partial charge in [-0.1, -0.05) is 12.1 Å². The number of thiazole rings is 2. The molecular formula is C64H64F8N8O10S4. The first-order valence-corrected chi connectivity index (χ1v) is 34.3. The van der Waals surface area contributed by atoms with Gasteiger partial charge >= 0.3 is 12.4 Å². The summed E-state index contributed by atoms with van der Waals surface area (Å²) in [6.45, 7) is 0.0790. The lowest BCUT2D eigenvalue weighted by atomic mass is 9.85. The number of likely N-dealkylation sites (tertiary alicyclic amines) is 2. The van der Waals surface area contributed by atoms with Crippen LogP contribution in [0.5, 0.6) is 34.5 Å². The fourth-order valence-electron chi connectivity index (χ4n) is 12.6. The molecule has 18 nitrogen and oxygen atoms in total. The summed E-state index contributed by atoms with van der Waals surface area (Å²) in [6, 6.07) is 22.3. The number of fused-ring (bicyclic) bond motifs is 2. The third-order valence-corrected chi connectivity index (χ3v) is 22.6. The van der Waals surface area contributed by atoms with E-state index in [-0.39, 0.29) is 86.8 Å². The summed E-state index contributed by atoms with van der Waals surface area (Å²) in [4.78, 5) is 19.7. The maximum absolute atomic E-state index is 16.1. The van der Waals surface area contributed by atoms with Gasteiger partial charge in [0, 0.05) is 120 Å². The van der Waals surface area contributed by atoms with Crippen molar-refractivity contribution in [1.82, 2.24) is 29.7 Å². The number of aromatic nitrogens is 4. The van der Waals surface area contributed by atoms with Crippen LogP contribution in [0.1, 0.15) is 96.3 Å². The van der Waals surface area contributed by atoms with Crippen LogP contribution >= 0.6 is 22.7 Å². The molecule has 4 aromatic heterocycles. The van der Waals surface area contributed by atoms with E-state index in [4.69, 9.17) is 28.4 Å². The number of hydrogen-bond acceptors (Lipinski definition) is 18. The SMILES string of the molecule is COc1ccc(CN(c2nccs2)S(=O)(=O)c2cc3c(cc2F)C(N2CC[C@@H](C(F)(F)F)C[C@H]2c2ccccn2)CCO3)c(OC)c1.COc1ccc(CN(c2nccs2)S(=O)(=O)c2cc3c(cc2F)C(N2CC[C@@H](C(F)(F)F)C[C@H]2c2ccccn2)CCO3)c(OC)c1. The van der Waals surface area contributed by atoms with E-state index in [0.29, 0.717) is 69.5 Å². The molecule has 94 heavy (non-hydrogen) atoms. The van der Waals surface area contributed by atoms with E-state index in [9.17, 15) is 43.2 Å². The molecule has 2 fully saturated rings. The normalized spacial score (nSPS) is 20.3. The Hall–Kier alpha value is -7.90. The van der Waals surface area contributed by atoms with Gasteiger partial charge in [-0.3, -0.25) is 19.8 Å². The van der Waals surface area contributed by atoms with Crippen molar-refractivity contribution in [2.45, 2.75) is 97.9 Å². The Morgan fingerprint density at radius 2 is 0.936 bits per heavy atom. The highest BCUT2D eigenvalue weighted by Crippen LogP contribution is 2.51. The number of ether oxygens (including phenoxy) is 6. The third-order valence-electron chi connectivity index (χ3n) is 17.2. The zero-order valence-electron chi connectivity index (χ0n) is 51.0. The van der Waals surface area contributed by atoms with Gasteiger partial charge in [-0.2, -0.15) is 26.3 Å². The molecular weight excluding hydrogens is 1320 g/mol. The number of benzene rings is 4. The molecule has 12 rings (SSSR count). The van der Waals surface area contributed by atoms with Crippen molar-refractivity contribution < 1.29 is 80.4 Å². The predicted molar refractivity (Wildman–Crippen MR) is 333 cm³/mol. The van der Waals surface area contributed by atoms with Crippen molar-refractivity contribution in [3.63, 3.8) is 0 Å². The number of anilines is 2. The number of hydrogen-bond donors (Lipinski definition) is 0. The van der Waals surface area contributed by atoms with Crippen LogP contribution in [-0.4, -0.2) is 114 Å². The first-order chi connectivity index (χ1) is 45.0. The molecule has 2 saturated heterocycles. The molecule has 0 spiro atoms. The lowest BCUT2D eigenvalue weighted by Gasteiger charge is -2.45. The van der Waals surface area contributed by atoms with Gasteiger partial charge in [0.15, 0.2) is 10.3 Å². The van der Waals surface area contributed by atoms with Crippen LogP contribution in [0.3, 0.4) is 0 Å². The number of piperidine rings is 2. The van der Waals surface area contributed by atoms with Crippen LogP contribution in [0.2, 0.25) is 0 Å². The smallest absolute Gasteiger partial charge is 0.391 e. The second kappa shape index (κ2) is 28.2. The summed E-state index contributed by atoms with van der Waals surface area (Å²) in [7, 11) is -3.23. The summed E-state index contributed by atoms with van der Waals surface area (Å²) in [6.07, 6.45) is -2.62. The van der Waals surface area contributed by atoms with Crippen molar-refractivity contribution in [1.29, 1.82) is 0 Å². The molecule has 0 aliphatic carbocycles. The third kappa shape index (κ3) is 14.2. The molecule has 4 aliphatic rings. The van der Waals surface area contributed by atoms with Gasteiger partial charge in [-0.05, 0) is 86.3 Å². The Kier molecular flexibility index (Phi) is 20.3. The number of nitrogens with zero attached hydrogens (tertiary/aromatic N) is 8. The van der Waals surface area contributed by atoms with E-state index >= 15 is 8.78 Å². The second-order valence-corrected chi connectivity index (χ2v) is 27.9. The van der Waals surface area contributed by atoms with Crippen molar-refractivity contribution >= 4 is 53.0 Å². The van der Waals surface area contributed by atoms with Crippen molar-refractivity contribution in [3.05, 3.63) is 178 Å². The molecule has 0 radical (unpaired) electrons. The molecule has 30 heteroatoms. The van der Waals surface area contributed by atoms with Crippen molar-refractivity contribution in [2.75, 3.05) is 63.4 Å². The standard InChI is InChI=1S/2C32H32F4N4O5S2/c2*1-43-22-7-6-20(28(16-22)44-2)19-40(31-38-11-14-46-31)47(41,42)30-18-29-23(17-24(30)33)26(9-13-45-29)39-12-8-21(32(34,35)36)15-27(39)25-5-3-4-10-37-25/h2*3-7,10-11,14,16-18,21,26-27H,8-9,12-13,15,19H2,1-2H3/t2*21-,26?,27+/m11/s1. The van der Waals surface area contributed by atoms with Gasteiger partial charge in [-0.25, -0.2) is 44.2 Å². The largest absolute Gasteiger partial charge is 0.497 e. The molecule has 6 atom stereocenters. The van der Waals surface area contributed by atoms with Crippen LogP contribution in [-0.2, 0) is 33.1 Å². The van der Waals surface area contributed by atoms with E-state index in [1.807, 2.05) is 9.80 Å². The van der Waals surface area contributed by atoms with Crippen LogP contribution in [0.25, 0.3) is 0 Å². The topological polar surface area (TPSA) is 188 Å². The highest BCUT2D eigenvalue weighted by atomic mass is 32.2. The zero-order valence-corrected chi connectivity index (χ0v) is 54.2. The average Bonchev–Trinajstić information content (AvgIpc) is 1.52. The molecule has 0 amide bonds. The Balaban J connectivity index is 0.000000192. The second-order valence-electron chi connectivity index (χ2n) is 22.5. The van der Waals surface area contributed by atoms with E-state index in [2.05, 4.69) is 19.9 Å². The van der Waals surface area contributed by atoms with Gasteiger partial charge in [0.05, 0.1) is 90.0 Å². The first kappa shape index (κ1) is 67.5. The quantitative estimate of drug-likeness (QED) is 0.0737. The number of alkyl halides is 6. The van der Waals surface area contributed by atoms with Crippen molar-refractivity contribution in [3.8, 4) is 34.5 Å². The fourth-order valence-corrected chi connectivity index (χ4v) is 17.2. The van der Waals surface area contributed by atoms with Crippen LogP contribution in [0.15, 0.2) is 142 Å². The summed E-state index contributed by atoms with van der Waals surface area (Å²) in [5.41, 5.74) is 2.70. The Labute approximate surface area is 545 Å². The monoisotopic (exact) mass is 1380 g/mol. The Bertz CT molecular complexity index is 3890. The van der Waals surface area contributed by atoms with Gasteiger partial charge < -0.3 is 28.4 Å². The van der Waals surface area contributed by atoms with Gasteiger partial charge in [0.1, 0.15) is 55.9 Å². The van der Waals surface area contributed by atoms with Gasteiger partial charge in [-0.15, -0.1) is 22.7 Å². The summed E-state index contributed by atoms with van der Waals surface area (Å²) < 4.78 is 207. The highest BCUT2D eigenvalue weighted by molar-refractivity contribution is 7.93. The molecule has 8 aromatic rings. The molecule has 500 valence electrons. The zero-order chi connectivity index (χ0) is 66.7. The molecule has 4 aromatic carbocycles.